The van der Waals surface area contributed by atoms with Crippen molar-refractivity contribution in [2.45, 2.75) is 19.4 Å². The molecule has 0 aliphatic heterocycles. The molecule has 0 radical (unpaired) electrons. The first kappa shape index (κ1) is 13.5. The minimum absolute atomic E-state index is 0.0166. The van der Waals surface area contributed by atoms with Crippen molar-refractivity contribution in [2.75, 3.05) is 6.61 Å². The molecule has 0 saturated heterocycles. The first-order valence-electron chi connectivity index (χ1n) is 6.26. The number of hydrogen-bond acceptors (Lipinski definition) is 5. The van der Waals surface area contributed by atoms with Gasteiger partial charge in [0.25, 0.3) is 0 Å². The van der Waals surface area contributed by atoms with Crippen LogP contribution in [0.4, 0.5) is 0 Å². The summed E-state index contributed by atoms with van der Waals surface area (Å²) in [4.78, 5) is 8.28. The van der Waals surface area contributed by atoms with Crippen molar-refractivity contribution in [1.29, 1.82) is 0 Å². The molecule has 2 heterocycles. The average Bonchev–Trinajstić information content (AvgIpc) is 2.46. The van der Waals surface area contributed by atoms with Crippen LogP contribution in [0.2, 0.25) is 0 Å². The number of nitrogens with zero attached hydrogens (tertiary/aromatic N) is 2. The van der Waals surface area contributed by atoms with Crippen molar-refractivity contribution in [3.05, 3.63) is 54.1 Å². The highest BCUT2D eigenvalue weighted by Gasteiger charge is 2.12. The molecule has 0 amide bonds. The summed E-state index contributed by atoms with van der Waals surface area (Å²) in [5, 5.41) is 0. The highest BCUT2D eigenvalue weighted by atomic mass is 16.5. The Bertz CT molecular complexity index is 504. The Morgan fingerprint density at radius 1 is 1.32 bits per heavy atom. The van der Waals surface area contributed by atoms with Crippen molar-refractivity contribution in [3.63, 3.8) is 0 Å². The molecule has 2 aromatic heterocycles. The molecule has 19 heavy (non-hydrogen) atoms. The summed E-state index contributed by atoms with van der Waals surface area (Å²) in [5.41, 5.74) is 4.93. The van der Waals surface area contributed by atoms with Crippen LogP contribution in [0, 0.1) is 0 Å². The van der Waals surface area contributed by atoms with Gasteiger partial charge in [-0.05, 0) is 36.6 Å². The van der Waals surface area contributed by atoms with Crippen LogP contribution in [0.5, 0.6) is 5.75 Å². The van der Waals surface area contributed by atoms with Crippen LogP contribution in [0.25, 0.3) is 0 Å². The Morgan fingerprint density at radius 3 is 2.89 bits per heavy atom. The van der Waals surface area contributed by atoms with E-state index in [4.69, 9.17) is 10.6 Å². The van der Waals surface area contributed by atoms with Crippen LogP contribution in [-0.2, 0) is 6.42 Å². The second-order valence-corrected chi connectivity index (χ2v) is 4.17. The van der Waals surface area contributed by atoms with Gasteiger partial charge in [-0.1, -0.05) is 6.07 Å². The molecular weight excluding hydrogens is 240 g/mol. The molecule has 0 spiro atoms. The smallest absolute Gasteiger partial charge is 0.137 e. The van der Waals surface area contributed by atoms with E-state index in [1.54, 1.807) is 18.6 Å². The number of rotatable bonds is 6. The summed E-state index contributed by atoms with van der Waals surface area (Å²) in [6.07, 6.45) is 7.84. The van der Waals surface area contributed by atoms with Gasteiger partial charge >= 0.3 is 0 Å². The molecule has 0 aliphatic rings. The van der Waals surface area contributed by atoms with Crippen molar-refractivity contribution in [2.24, 2.45) is 5.84 Å². The van der Waals surface area contributed by atoms with Crippen LogP contribution in [-0.4, -0.2) is 16.6 Å². The second kappa shape index (κ2) is 6.82. The van der Waals surface area contributed by atoms with Crippen LogP contribution in [0.3, 0.4) is 0 Å². The number of ether oxygens (including phenoxy) is 1. The van der Waals surface area contributed by atoms with Crippen LogP contribution < -0.4 is 16.0 Å². The number of nitrogens with one attached hydrogen (secondary N) is 1. The molecule has 3 N–H and O–H groups in total. The van der Waals surface area contributed by atoms with E-state index in [0.717, 1.165) is 23.3 Å². The van der Waals surface area contributed by atoms with Crippen molar-refractivity contribution in [3.8, 4) is 5.75 Å². The maximum Gasteiger partial charge on any atom is 0.137 e. The standard InChI is InChI=1S/C14H18N4O/c1-2-19-13-7-12(9-17-10-13)14(18-15)6-11-4-3-5-16-8-11/h3-5,7-10,14,18H,2,6,15H2,1H3. The third-order valence-corrected chi connectivity index (χ3v) is 2.81. The zero-order chi connectivity index (χ0) is 13.5. The van der Waals surface area contributed by atoms with Gasteiger partial charge in [-0.2, -0.15) is 0 Å². The molecule has 5 heteroatoms. The van der Waals surface area contributed by atoms with Crippen molar-refractivity contribution in [1.82, 2.24) is 15.4 Å². The first-order chi connectivity index (χ1) is 9.33. The topological polar surface area (TPSA) is 73.1 Å². The predicted octanol–water partition coefficient (Wildman–Crippen LogP) is 1.62. The van der Waals surface area contributed by atoms with Crippen LogP contribution >= 0.6 is 0 Å². The normalized spacial score (nSPS) is 12.1. The van der Waals surface area contributed by atoms with Gasteiger partial charge in [0.1, 0.15) is 5.75 Å². The summed E-state index contributed by atoms with van der Waals surface area (Å²) in [7, 11) is 0. The largest absolute Gasteiger partial charge is 0.492 e. The molecule has 2 aromatic rings. The van der Waals surface area contributed by atoms with E-state index >= 15 is 0 Å². The molecule has 0 aliphatic carbocycles. The molecule has 1 atom stereocenters. The van der Waals surface area contributed by atoms with Crippen molar-refractivity contribution < 1.29 is 4.74 Å². The zero-order valence-electron chi connectivity index (χ0n) is 10.9. The highest BCUT2D eigenvalue weighted by molar-refractivity contribution is 5.27. The molecule has 100 valence electrons. The number of nitrogens with two attached hydrogens (primary N) is 1. The van der Waals surface area contributed by atoms with Crippen LogP contribution in [0.15, 0.2) is 43.0 Å². The Kier molecular flexibility index (Phi) is 4.83. The number of hydrogen-bond donors (Lipinski definition) is 2. The minimum atomic E-state index is -0.0166. The van der Waals surface area contributed by atoms with Crippen LogP contribution in [0.1, 0.15) is 24.1 Å². The maximum absolute atomic E-state index is 5.64. The summed E-state index contributed by atoms with van der Waals surface area (Å²) in [6, 6.07) is 5.88. The van der Waals surface area contributed by atoms with E-state index in [0.29, 0.717) is 6.61 Å². The lowest BCUT2D eigenvalue weighted by Crippen LogP contribution is -2.29. The molecule has 0 bridgehead atoms. The molecule has 1 unspecified atom stereocenters. The Balaban J connectivity index is 2.15. The molecule has 0 fully saturated rings. The number of hydrazine groups is 1. The zero-order valence-corrected chi connectivity index (χ0v) is 10.9. The fraction of sp³-hybridized carbons (Fsp3) is 0.286. The SMILES string of the molecule is CCOc1cncc(C(Cc2cccnc2)NN)c1. The lowest BCUT2D eigenvalue weighted by Gasteiger charge is -2.16. The minimum Gasteiger partial charge on any atom is -0.492 e. The van der Waals surface area contributed by atoms with Gasteiger partial charge in [0.2, 0.25) is 0 Å². The molecule has 2 rings (SSSR count). The van der Waals surface area contributed by atoms with Gasteiger partial charge in [-0.25, -0.2) is 0 Å². The summed E-state index contributed by atoms with van der Waals surface area (Å²) in [5.74, 6) is 6.39. The molecule has 0 aromatic carbocycles. The van der Waals surface area contributed by atoms with E-state index < -0.39 is 0 Å². The maximum atomic E-state index is 5.64. The lowest BCUT2D eigenvalue weighted by atomic mass is 10.0. The summed E-state index contributed by atoms with van der Waals surface area (Å²) in [6.45, 7) is 2.56. The van der Waals surface area contributed by atoms with Gasteiger partial charge in [0, 0.05) is 18.6 Å². The van der Waals surface area contributed by atoms with Crippen molar-refractivity contribution >= 4 is 0 Å². The van der Waals surface area contributed by atoms with E-state index in [-0.39, 0.29) is 6.04 Å². The van der Waals surface area contributed by atoms with Gasteiger partial charge in [-0.15, -0.1) is 0 Å². The Labute approximate surface area is 112 Å². The number of aromatic nitrogens is 2. The van der Waals surface area contributed by atoms with E-state index in [2.05, 4.69) is 15.4 Å². The third-order valence-electron chi connectivity index (χ3n) is 2.81. The first-order valence-corrected chi connectivity index (χ1v) is 6.26. The monoisotopic (exact) mass is 258 g/mol. The fourth-order valence-corrected chi connectivity index (χ4v) is 1.90. The van der Waals surface area contributed by atoms with E-state index in [9.17, 15) is 0 Å². The molecule has 0 saturated carbocycles. The van der Waals surface area contributed by atoms with Gasteiger partial charge in [0.05, 0.1) is 18.8 Å². The molecular formula is C14H18N4O. The average molecular weight is 258 g/mol. The van der Waals surface area contributed by atoms with E-state index in [1.807, 2.05) is 31.3 Å². The Morgan fingerprint density at radius 2 is 2.21 bits per heavy atom. The van der Waals surface area contributed by atoms with Gasteiger partial charge < -0.3 is 4.74 Å². The second-order valence-electron chi connectivity index (χ2n) is 4.17. The third kappa shape index (κ3) is 3.74. The molecule has 5 nitrogen and oxygen atoms in total. The summed E-state index contributed by atoms with van der Waals surface area (Å²) >= 11 is 0. The van der Waals surface area contributed by atoms with Gasteiger partial charge in [-0.3, -0.25) is 21.2 Å². The van der Waals surface area contributed by atoms with Gasteiger partial charge in [0.15, 0.2) is 0 Å². The fourth-order valence-electron chi connectivity index (χ4n) is 1.90. The van der Waals surface area contributed by atoms with E-state index in [1.165, 1.54) is 0 Å². The highest BCUT2D eigenvalue weighted by Crippen LogP contribution is 2.20. The Hall–Kier alpha value is -1.98. The quantitative estimate of drug-likeness (QED) is 0.608. The predicted molar refractivity (Wildman–Crippen MR) is 73.4 cm³/mol. The summed E-state index contributed by atoms with van der Waals surface area (Å²) < 4.78 is 5.45. The lowest BCUT2D eigenvalue weighted by molar-refractivity contribution is 0.338. The number of pyridine rings is 2.